The van der Waals surface area contributed by atoms with Crippen molar-refractivity contribution in [2.45, 2.75) is 46.5 Å². The number of carbonyl (C=O) groups is 2. The van der Waals surface area contributed by atoms with E-state index >= 15 is 0 Å². The summed E-state index contributed by atoms with van der Waals surface area (Å²) in [5, 5.41) is 2.93. The molecule has 2 amide bonds. The first-order chi connectivity index (χ1) is 15.3. The van der Waals surface area contributed by atoms with Crippen molar-refractivity contribution in [1.29, 1.82) is 0 Å². The molecule has 0 unspecified atom stereocenters. The second-order valence-corrected chi connectivity index (χ2v) is 8.88. The van der Waals surface area contributed by atoms with Crippen molar-refractivity contribution in [2.75, 3.05) is 65.9 Å². The zero-order valence-corrected chi connectivity index (χ0v) is 20.2. The molecule has 0 bridgehead atoms. The summed E-state index contributed by atoms with van der Waals surface area (Å²) >= 11 is 0. The normalized spacial score (nSPS) is 13.9. The van der Waals surface area contributed by atoms with Gasteiger partial charge < -0.3 is 29.2 Å². The zero-order valence-electron chi connectivity index (χ0n) is 20.2. The molecule has 1 heterocycles. The first-order valence-corrected chi connectivity index (χ1v) is 11.6. The van der Waals surface area contributed by atoms with Crippen LogP contribution in [0.4, 0.5) is 0 Å². The predicted molar refractivity (Wildman–Crippen MR) is 124 cm³/mol. The highest BCUT2D eigenvalue weighted by atomic mass is 16.6. The Balaban J connectivity index is 1.76. The quantitative estimate of drug-likeness (QED) is 0.302. The Labute approximate surface area is 193 Å². The van der Waals surface area contributed by atoms with E-state index in [4.69, 9.17) is 18.9 Å². The van der Waals surface area contributed by atoms with Gasteiger partial charge in [-0.05, 0) is 24.3 Å². The van der Waals surface area contributed by atoms with Crippen molar-refractivity contribution in [3.05, 3.63) is 24.4 Å². The maximum atomic E-state index is 11.7. The lowest BCUT2D eigenvalue weighted by molar-refractivity contribution is -0.124. The highest BCUT2D eigenvalue weighted by molar-refractivity contribution is 5.92. The highest BCUT2D eigenvalue weighted by Gasteiger charge is 2.17. The lowest BCUT2D eigenvalue weighted by atomic mass is 9.90. The number of carbonyl (C=O) groups excluding carboxylic acids is 2. The summed E-state index contributed by atoms with van der Waals surface area (Å²) in [6.07, 6.45) is 6.89. The molecule has 0 radical (unpaired) electrons. The minimum absolute atomic E-state index is 0.0333. The molecular weight excluding hydrogens is 412 g/mol. The summed E-state index contributed by atoms with van der Waals surface area (Å²) in [5.74, 6) is -0.0211. The van der Waals surface area contributed by atoms with E-state index in [2.05, 4.69) is 32.7 Å². The van der Waals surface area contributed by atoms with Gasteiger partial charge in [-0.3, -0.25) is 9.59 Å². The third kappa shape index (κ3) is 15.1. The molecule has 0 atom stereocenters. The second-order valence-electron chi connectivity index (χ2n) is 8.88. The molecule has 1 N–H and O–H groups in total. The van der Waals surface area contributed by atoms with Crippen LogP contribution in [-0.2, 0) is 28.5 Å². The first-order valence-electron chi connectivity index (χ1n) is 11.6. The number of nitrogens with one attached hydrogen (secondary N) is 1. The molecule has 0 saturated heterocycles. The predicted octanol–water partition coefficient (Wildman–Crippen LogP) is 2.69. The summed E-state index contributed by atoms with van der Waals surface area (Å²) in [5.41, 5.74) is 1.05. The molecule has 0 aromatic carbocycles. The molecule has 1 aliphatic rings. The largest absolute Gasteiger partial charge is 0.379 e. The van der Waals surface area contributed by atoms with E-state index in [0.717, 1.165) is 19.4 Å². The zero-order chi connectivity index (χ0) is 23.7. The van der Waals surface area contributed by atoms with Gasteiger partial charge in [-0.15, -0.1) is 0 Å². The molecule has 8 nitrogen and oxygen atoms in total. The Kier molecular flexibility index (Phi) is 14.9. The molecule has 184 valence electrons. The highest BCUT2D eigenvalue weighted by Crippen LogP contribution is 2.21. The van der Waals surface area contributed by atoms with Crippen LogP contribution in [0.15, 0.2) is 24.4 Å². The lowest BCUT2D eigenvalue weighted by Gasteiger charge is -2.17. The summed E-state index contributed by atoms with van der Waals surface area (Å²) in [4.78, 5) is 24.8. The van der Waals surface area contributed by atoms with Gasteiger partial charge >= 0.3 is 0 Å². The van der Waals surface area contributed by atoms with Crippen LogP contribution in [0.1, 0.15) is 46.5 Å². The second kappa shape index (κ2) is 16.8. The summed E-state index contributed by atoms with van der Waals surface area (Å²) in [6.45, 7) is 15.4. The van der Waals surface area contributed by atoms with Crippen molar-refractivity contribution in [3.8, 4) is 0 Å². The molecular formula is C24H42N2O6. The third-order valence-corrected chi connectivity index (χ3v) is 4.76. The van der Waals surface area contributed by atoms with Crippen LogP contribution in [0.3, 0.4) is 0 Å². The number of allylic oxidation sites excluding steroid dienone is 1. The Hall–Kier alpha value is -1.74. The Morgan fingerprint density at radius 3 is 2.00 bits per heavy atom. The molecule has 0 aromatic rings. The molecule has 0 saturated carbocycles. The van der Waals surface area contributed by atoms with Gasteiger partial charge in [0.25, 0.3) is 5.91 Å². The lowest BCUT2D eigenvalue weighted by Crippen LogP contribution is -2.28. The van der Waals surface area contributed by atoms with Gasteiger partial charge in [0.05, 0.1) is 52.9 Å². The minimum Gasteiger partial charge on any atom is -0.379 e. The van der Waals surface area contributed by atoms with Crippen LogP contribution in [0, 0.1) is 5.41 Å². The molecule has 0 spiro atoms. The van der Waals surface area contributed by atoms with E-state index in [1.54, 1.807) is 11.0 Å². The van der Waals surface area contributed by atoms with Crippen LogP contribution < -0.4 is 5.32 Å². The number of ether oxygens (including phenoxy) is 4. The number of rotatable bonds is 19. The topological polar surface area (TPSA) is 86.3 Å². The molecule has 8 heteroatoms. The van der Waals surface area contributed by atoms with Gasteiger partial charge in [0, 0.05) is 31.3 Å². The maximum Gasteiger partial charge on any atom is 0.251 e. The molecule has 0 aromatic heterocycles. The fraction of sp³-hybridized carbons (Fsp3) is 0.750. The van der Waals surface area contributed by atoms with Gasteiger partial charge in [-0.25, -0.2) is 0 Å². The van der Waals surface area contributed by atoms with Gasteiger partial charge in [0.1, 0.15) is 0 Å². The van der Waals surface area contributed by atoms with E-state index in [1.807, 2.05) is 0 Å². The van der Waals surface area contributed by atoms with Gasteiger partial charge in [-0.1, -0.05) is 33.8 Å². The Morgan fingerprint density at radius 1 is 0.906 bits per heavy atom. The van der Waals surface area contributed by atoms with E-state index < -0.39 is 0 Å². The van der Waals surface area contributed by atoms with Crippen LogP contribution in [-0.4, -0.2) is 82.7 Å². The van der Waals surface area contributed by atoms with E-state index in [1.165, 1.54) is 12.5 Å². The third-order valence-electron chi connectivity index (χ3n) is 4.76. The van der Waals surface area contributed by atoms with Crippen LogP contribution in [0.2, 0.25) is 0 Å². The van der Waals surface area contributed by atoms with Crippen molar-refractivity contribution >= 4 is 11.8 Å². The Bertz CT molecular complexity index is 568. The monoisotopic (exact) mass is 454 g/mol. The summed E-state index contributed by atoms with van der Waals surface area (Å²) < 4.78 is 21.7. The molecule has 1 aliphatic heterocycles. The van der Waals surface area contributed by atoms with E-state index in [9.17, 15) is 9.59 Å². The smallest absolute Gasteiger partial charge is 0.251 e. The molecule has 0 aliphatic carbocycles. The van der Waals surface area contributed by atoms with Gasteiger partial charge in [-0.2, -0.15) is 0 Å². The van der Waals surface area contributed by atoms with Gasteiger partial charge in [0.15, 0.2) is 0 Å². The molecule has 1 rings (SSSR count). The first kappa shape index (κ1) is 28.3. The number of hydrogen-bond donors (Lipinski definition) is 1. The summed E-state index contributed by atoms with van der Waals surface area (Å²) in [7, 11) is 0. The van der Waals surface area contributed by atoms with Crippen molar-refractivity contribution in [3.63, 3.8) is 0 Å². The van der Waals surface area contributed by atoms with Crippen molar-refractivity contribution < 1.29 is 28.5 Å². The number of unbranched alkanes of at least 4 members (excludes halogenated alkanes) is 1. The van der Waals surface area contributed by atoms with Gasteiger partial charge in [0.2, 0.25) is 5.91 Å². The van der Waals surface area contributed by atoms with Crippen LogP contribution in [0.5, 0.6) is 0 Å². The van der Waals surface area contributed by atoms with E-state index in [-0.39, 0.29) is 11.8 Å². The van der Waals surface area contributed by atoms with Crippen LogP contribution in [0.25, 0.3) is 0 Å². The molecule has 0 fully saturated rings. The average Bonchev–Trinajstić information content (AvgIpc) is 3.04. The summed E-state index contributed by atoms with van der Waals surface area (Å²) in [6, 6.07) is 0. The number of hydrogen-bond acceptors (Lipinski definition) is 6. The van der Waals surface area contributed by atoms with Crippen molar-refractivity contribution in [1.82, 2.24) is 10.2 Å². The van der Waals surface area contributed by atoms with E-state index in [0.29, 0.717) is 76.9 Å². The SMILES string of the molecule is C=C1C=CC(=O)N1CCOCCOCCOCCOCCC(=O)NCCCCC(C)(C)C. The maximum absolute atomic E-state index is 11.7. The average molecular weight is 455 g/mol. The number of amides is 2. The fourth-order valence-corrected chi connectivity index (χ4v) is 2.92. The Morgan fingerprint density at radius 2 is 1.47 bits per heavy atom. The standard InChI is InChI=1S/C24H42N2O6/c1-21-7-8-23(28)26(21)12-14-30-16-18-32-20-19-31-17-15-29-13-9-22(27)25-11-6-5-10-24(2,3)4/h7-8H,1,5-6,9-20H2,2-4H3,(H,25,27). The molecule has 32 heavy (non-hydrogen) atoms. The van der Waals surface area contributed by atoms with Crippen LogP contribution >= 0.6 is 0 Å². The fourth-order valence-electron chi connectivity index (χ4n) is 2.92. The minimum atomic E-state index is -0.0543. The number of nitrogens with zero attached hydrogens (tertiary/aromatic N) is 1. The van der Waals surface area contributed by atoms with Crippen molar-refractivity contribution in [2.24, 2.45) is 5.41 Å².